The number of aromatic nitrogens is 2. The quantitative estimate of drug-likeness (QED) is 0.873. The van der Waals surface area contributed by atoms with Crippen molar-refractivity contribution in [2.75, 3.05) is 0 Å². The number of carbonyl (C=O) groups excluding carboxylic acids is 1. The molecule has 1 amide bonds. The Labute approximate surface area is 134 Å². The Balaban J connectivity index is 2.19. The zero-order chi connectivity index (χ0) is 17.0. The molecular formula is C15H18FN3O3S. The maximum absolute atomic E-state index is 13.0. The molecule has 1 unspecified atom stereocenters. The van der Waals surface area contributed by atoms with Crippen molar-refractivity contribution in [1.82, 2.24) is 14.5 Å². The van der Waals surface area contributed by atoms with Crippen LogP contribution in [0, 0.1) is 5.82 Å². The van der Waals surface area contributed by atoms with E-state index in [2.05, 4.69) is 9.82 Å². The summed E-state index contributed by atoms with van der Waals surface area (Å²) in [5.74, 6) is -1.74. The highest BCUT2D eigenvalue weighted by Crippen LogP contribution is 2.21. The van der Waals surface area contributed by atoms with Gasteiger partial charge in [-0.2, -0.15) is 5.10 Å². The van der Waals surface area contributed by atoms with E-state index in [4.69, 9.17) is 0 Å². The van der Waals surface area contributed by atoms with Crippen molar-refractivity contribution < 1.29 is 17.6 Å². The van der Waals surface area contributed by atoms with Gasteiger partial charge in [0, 0.05) is 12.7 Å². The smallest absolute Gasteiger partial charge is 0.267 e. The van der Waals surface area contributed by atoms with Gasteiger partial charge in [-0.15, -0.1) is 0 Å². The van der Waals surface area contributed by atoms with Crippen molar-refractivity contribution >= 4 is 15.9 Å². The van der Waals surface area contributed by atoms with Crippen LogP contribution in [0.5, 0.6) is 0 Å². The number of hydrogen-bond acceptors (Lipinski definition) is 4. The number of nitrogens with zero attached hydrogens (tertiary/aromatic N) is 2. The highest BCUT2D eigenvalue weighted by Gasteiger charge is 2.25. The summed E-state index contributed by atoms with van der Waals surface area (Å²) in [6.07, 6.45) is 2.94. The SMILES string of the molecule is CCC(C(=O)NS(=O)(=O)c1cnn(CC)c1)c1ccc(F)cc1. The minimum atomic E-state index is -3.98. The largest absolute Gasteiger partial charge is 0.273 e. The number of carbonyl (C=O) groups is 1. The molecule has 1 heterocycles. The molecule has 1 aromatic heterocycles. The van der Waals surface area contributed by atoms with E-state index >= 15 is 0 Å². The number of hydrogen-bond donors (Lipinski definition) is 1. The van der Waals surface area contributed by atoms with Crippen molar-refractivity contribution in [1.29, 1.82) is 0 Å². The molecule has 6 nitrogen and oxygen atoms in total. The van der Waals surface area contributed by atoms with Crippen LogP contribution in [0.15, 0.2) is 41.6 Å². The van der Waals surface area contributed by atoms with Crippen LogP contribution >= 0.6 is 0 Å². The topological polar surface area (TPSA) is 81.1 Å². The first-order valence-electron chi connectivity index (χ1n) is 7.22. The van der Waals surface area contributed by atoms with Crippen LogP contribution in [-0.2, 0) is 21.4 Å². The Bertz CT molecular complexity index is 785. The van der Waals surface area contributed by atoms with Crippen molar-refractivity contribution in [3.05, 3.63) is 48.0 Å². The summed E-state index contributed by atoms with van der Waals surface area (Å²) in [5.41, 5.74) is 0.561. The molecule has 0 saturated heterocycles. The van der Waals surface area contributed by atoms with Gasteiger partial charge < -0.3 is 0 Å². The average molecular weight is 339 g/mol. The third-order valence-corrected chi connectivity index (χ3v) is 4.78. The van der Waals surface area contributed by atoms with E-state index < -0.39 is 27.7 Å². The fourth-order valence-electron chi connectivity index (χ4n) is 2.19. The second-order valence-corrected chi connectivity index (χ2v) is 6.70. The maximum Gasteiger partial charge on any atom is 0.267 e. The van der Waals surface area contributed by atoms with Crippen LogP contribution in [0.3, 0.4) is 0 Å². The summed E-state index contributed by atoms with van der Waals surface area (Å²) in [7, 11) is -3.98. The highest BCUT2D eigenvalue weighted by atomic mass is 32.2. The summed E-state index contributed by atoms with van der Waals surface area (Å²) in [6, 6.07) is 5.44. The first kappa shape index (κ1) is 17.1. The Kier molecular flexibility index (Phi) is 5.15. The molecule has 1 aromatic carbocycles. The van der Waals surface area contributed by atoms with Crippen molar-refractivity contribution in [2.45, 2.75) is 37.6 Å². The fourth-order valence-corrected chi connectivity index (χ4v) is 3.16. The van der Waals surface area contributed by atoms with Crippen LogP contribution in [0.4, 0.5) is 4.39 Å². The van der Waals surface area contributed by atoms with Crippen LogP contribution in [0.25, 0.3) is 0 Å². The second-order valence-electron chi connectivity index (χ2n) is 5.01. The molecule has 0 saturated carbocycles. The van der Waals surface area contributed by atoms with Crippen LogP contribution in [0.2, 0.25) is 0 Å². The second kappa shape index (κ2) is 6.91. The zero-order valence-electron chi connectivity index (χ0n) is 12.9. The number of amides is 1. The first-order chi connectivity index (χ1) is 10.9. The lowest BCUT2D eigenvalue weighted by Gasteiger charge is -2.15. The molecule has 0 fully saturated rings. The number of nitrogens with one attached hydrogen (secondary N) is 1. The molecule has 0 radical (unpaired) electrons. The van der Waals surface area contributed by atoms with Gasteiger partial charge in [-0.25, -0.2) is 17.5 Å². The summed E-state index contributed by atoms with van der Waals surface area (Å²) in [6.45, 7) is 4.11. The Morgan fingerprint density at radius 1 is 1.30 bits per heavy atom. The van der Waals surface area contributed by atoms with Crippen molar-refractivity contribution in [2.24, 2.45) is 0 Å². The predicted molar refractivity (Wildman–Crippen MR) is 82.7 cm³/mol. The number of benzene rings is 1. The zero-order valence-corrected chi connectivity index (χ0v) is 13.7. The Hall–Kier alpha value is -2.22. The van der Waals surface area contributed by atoms with E-state index in [9.17, 15) is 17.6 Å². The van der Waals surface area contributed by atoms with Gasteiger partial charge in [0.2, 0.25) is 5.91 Å². The molecule has 0 aliphatic heterocycles. The summed E-state index contributed by atoms with van der Waals surface area (Å²) < 4.78 is 41.0. The van der Waals surface area contributed by atoms with Gasteiger partial charge in [0.15, 0.2) is 0 Å². The molecule has 8 heteroatoms. The van der Waals surface area contributed by atoms with Crippen molar-refractivity contribution in [3.8, 4) is 0 Å². The minimum Gasteiger partial charge on any atom is -0.273 e. The molecule has 23 heavy (non-hydrogen) atoms. The van der Waals surface area contributed by atoms with E-state index in [1.165, 1.54) is 41.3 Å². The molecular weight excluding hydrogens is 321 g/mol. The third kappa shape index (κ3) is 3.95. The fraction of sp³-hybridized carbons (Fsp3) is 0.333. The molecule has 124 valence electrons. The lowest BCUT2D eigenvalue weighted by atomic mass is 9.96. The molecule has 0 aliphatic carbocycles. The van der Waals surface area contributed by atoms with E-state index in [0.29, 0.717) is 18.5 Å². The predicted octanol–water partition coefficient (Wildman–Crippen LogP) is 2.04. The van der Waals surface area contributed by atoms with Crippen molar-refractivity contribution in [3.63, 3.8) is 0 Å². The molecule has 0 aliphatic rings. The lowest BCUT2D eigenvalue weighted by molar-refractivity contribution is -0.120. The molecule has 0 spiro atoms. The maximum atomic E-state index is 13.0. The molecule has 2 aromatic rings. The molecule has 1 atom stereocenters. The molecule has 1 N–H and O–H groups in total. The summed E-state index contributed by atoms with van der Waals surface area (Å²) in [5, 5.41) is 3.89. The number of sulfonamides is 1. The van der Waals surface area contributed by atoms with Crippen LogP contribution in [-0.4, -0.2) is 24.1 Å². The standard InChI is InChI=1S/C15H18FN3O3S/c1-3-14(11-5-7-12(16)8-6-11)15(20)18-23(21,22)13-9-17-19(4-2)10-13/h5-10,14H,3-4H2,1-2H3,(H,18,20). The van der Waals surface area contributed by atoms with Gasteiger partial charge in [0.1, 0.15) is 10.7 Å². The van der Waals surface area contributed by atoms with Gasteiger partial charge in [-0.3, -0.25) is 9.48 Å². The van der Waals surface area contributed by atoms with Gasteiger partial charge >= 0.3 is 0 Å². The van der Waals surface area contributed by atoms with E-state index in [1.807, 2.05) is 6.92 Å². The van der Waals surface area contributed by atoms with E-state index in [0.717, 1.165) is 0 Å². The van der Waals surface area contributed by atoms with Gasteiger partial charge in [-0.05, 0) is 31.0 Å². The minimum absolute atomic E-state index is 0.0679. The van der Waals surface area contributed by atoms with Gasteiger partial charge in [-0.1, -0.05) is 19.1 Å². The van der Waals surface area contributed by atoms with Gasteiger partial charge in [0.25, 0.3) is 10.0 Å². The molecule has 0 bridgehead atoms. The van der Waals surface area contributed by atoms with E-state index in [-0.39, 0.29) is 4.90 Å². The number of halogens is 1. The first-order valence-corrected chi connectivity index (χ1v) is 8.70. The van der Waals surface area contributed by atoms with E-state index in [1.54, 1.807) is 6.92 Å². The Morgan fingerprint density at radius 3 is 2.48 bits per heavy atom. The molecule has 2 rings (SSSR count). The Morgan fingerprint density at radius 2 is 1.96 bits per heavy atom. The van der Waals surface area contributed by atoms with Crippen LogP contribution in [0.1, 0.15) is 31.7 Å². The average Bonchev–Trinajstić information content (AvgIpc) is 2.99. The third-order valence-electron chi connectivity index (χ3n) is 3.48. The number of rotatable bonds is 6. The number of aryl methyl sites for hydroxylation is 1. The van der Waals surface area contributed by atoms with Gasteiger partial charge in [0.05, 0.1) is 12.1 Å². The lowest BCUT2D eigenvalue weighted by Crippen LogP contribution is -2.34. The summed E-state index contributed by atoms with van der Waals surface area (Å²) >= 11 is 0. The highest BCUT2D eigenvalue weighted by molar-refractivity contribution is 7.90. The normalized spacial score (nSPS) is 12.8. The summed E-state index contributed by atoms with van der Waals surface area (Å²) in [4.78, 5) is 12.2. The van der Waals surface area contributed by atoms with Crippen LogP contribution < -0.4 is 4.72 Å². The monoisotopic (exact) mass is 339 g/mol.